The van der Waals surface area contributed by atoms with Crippen LogP contribution in [0.3, 0.4) is 0 Å². The van der Waals surface area contributed by atoms with Gasteiger partial charge < -0.3 is 9.80 Å². The first kappa shape index (κ1) is 57.8. The number of nitrogens with zero attached hydrogens (tertiary/aromatic N) is 2. The number of fused-ring (bicyclic) bond motifs is 8. The standard InChI is InChI=1S/C80H84F4N2Si/c1-6-53-27-31-57(32-28-53)79(55-18-10-8-11-19-55)71-24-16-14-22-65(71)67-41-36-61(48-73(67)79)85(63-38-43-75(83)76(84)50-63)59-39-44-77-69(46-59)70-47-60(40-45-78(70)87(77,4)5)86(64(51-81)35-26-52(3)82)62-37-42-68-66-23-15-17-25-72(66)80(74(68)49-62,56-20-12-9-13-21-56)58-33-29-54(7-2)30-34-58/h6-18,20-26,29-31,33,35-38,41-43,46-47,49-50,53,55,58,61,65-69,71-74,77H,1-2,19,27-28,32,34,39-40,44-45,48,51H2,3-5H3/b52-26+,64-35+. The van der Waals surface area contributed by atoms with Crippen LogP contribution in [0.4, 0.5) is 23.2 Å². The molecule has 2 nitrogen and oxygen atoms in total. The maximum Gasteiger partial charge on any atom is 0.160 e. The highest BCUT2D eigenvalue weighted by Gasteiger charge is 2.64. The predicted octanol–water partition coefficient (Wildman–Crippen LogP) is 20.3. The zero-order valence-electron chi connectivity index (χ0n) is 50.9. The van der Waals surface area contributed by atoms with E-state index in [-0.39, 0.29) is 58.2 Å². The van der Waals surface area contributed by atoms with E-state index in [4.69, 9.17) is 0 Å². The predicted molar refractivity (Wildman–Crippen MR) is 353 cm³/mol. The van der Waals surface area contributed by atoms with Crippen molar-refractivity contribution in [2.75, 3.05) is 11.6 Å². The molecule has 446 valence electrons. The van der Waals surface area contributed by atoms with Gasteiger partial charge in [0.1, 0.15) is 6.67 Å². The molecule has 16 unspecified atom stereocenters. The average Bonchev–Trinajstić information content (AvgIpc) is 1.58. The highest BCUT2D eigenvalue weighted by molar-refractivity contribution is 6.86. The lowest BCUT2D eigenvalue weighted by Gasteiger charge is -2.51. The van der Waals surface area contributed by atoms with Crippen LogP contribution < -0.4 is 4.90 Å². The molecule has 16 atom stereocenters. The van der Waals surface area contributed by atoms with Gasteiger partial charge >= 0.3 is 0 Å². The molecule has 0 radical (unpaired) electrons. The largest absolute Gasteiger partial charge is 0.338 e. The van der Waals surface area contributed by atoms with Crippen LogP contribution in [0.2, 0.25) is 18.6 Å². The van der Waals surface area contributed by atoms with Crippen molar-refractivity contribution in [2.45, 2.75) is 101 Å². The van der Waals surface area contributed by atoms with Crippen molar-refractivity contribution in [3.8, 4) is 0 Å². The number of hydrogen-bond acceptors (Lipinski definition) is 2. The van der Waals surface area contributed by atoms with Crippen LogP contribution in [0.25, 0.3) is 0 Å². The van der Waals surface area contributed by atoms with Crippen LogP contribution in [0.15, 0.2) is 276 Å². The highest BCUT2D eigenvalue weighted by Crippen LogP contribution is 2.69. The molecule has 14 rings (SSSR count). The summed E-state index contributed by atoms with van der Waals surface area (Å²) in [4.78, 5) is 4.57. The summed E-state index contributed by atoms with van der Waals surface area (Å²) >= 11 is 0. The summed E-state index contributed by atoms with van der Waals surface area (Å²) < 4.78 is 62.5. The second-order valence-corrected chi connectivity index (χ2v) is 32.4. The summed E-state index contributed by atoms with van der Waals surface area (Å²) in [5.41, 5.74) is 9.52. The minimum atomic E-state index is -2.07. The van der Waals surface area contributed by atoms with E-state index in [0.717, 1.165) is 86.9 Å². The third kappa shape index (κ3) is 9.43. The number of halogens is 4. The summed E-state index contributed by atoms with van der Waals surface area (Å²) in [6.45, 7) is 14.1. The molecule has 1 heterocycles. The van der Waals surface area contributed by atoms with E-state index >= 15 is 13.2 Å². The van der Waals surface area contributed by atoms with Gasteiger partial charge in [0.2, 0.25) is 0 Å². The summed E-state index contributed by atoms with van der Waals surface area (Å²) in [6, 6.07) is 15.5. The Labute approximate surface area is 516 Å². The number of rotatable bonds is 14. The van der Waals surface area contributed by atoms with Gasteiger partial charge in [-0.05, 0) is 195 Å². The molecule has 2 aromatic carbocycles. The number of anilines is 1. The lowest BCUT2D eigenvalue weighted by atomic mass is 9.53. The second kappa shape index (κ2) is 23.2. The van der Waals surface area contributed by atoms with Gasteiger partial charge in [0, 0.05) is 45.6 Å². The molecular formula is C80H84F4N2Si. The second-order valence-electron chi connectivity index (χ2n) is 27.6. The van der Waals surface area contributed by atoms with Crippen molar-refractivity contribution >= 4 is 13.8 Å². The molecule has 0 amide bonds. The lowest BCUT2D eigenvalue weighted by Crippen LogP contribution is -2.47. The number of hydrogen-bond donors (Lipinski definition) is 0. The zero-order valence-corrected chi connectivity index (χ0v) is 51.9. The van der Waals surface area contributed by atoms with Crippen LogP contribution in [-0.2, 0) is 5.41 Å². The van der Waals surface area contributed by atoms with Crippen molar-refractivity contribution in [3.63, 3.8) is 0 Å². The Kier molecular flexibility index (Phi) is 15.4. The molecule has 12 aliphatic rings. The van der Waals surface area contributed by atoms with Gasteiger partial charge in [0.25, 0.3) is 0 Å². The minimum absolute atomic E-state index is 0.0418. The van der Waals surface area contributed by atoms with E-state index in [0.29, 0.717) is 52.4 Å². The third-order valence-electron chi connectivity index (χ3n) is 23.6. The molecule has 0 spiro atoms. The highest BCUT2D eigenvalue weighted by atomic mass is 28.3. The van der Waals surface area contributed by atoms with Gasteiger partial charge in [-0.25, -0.2) is 17.6 Å². The van der Waals surface area contributed by atoms with Crippen molar-refractivity contribution in [3.05, 3.63) is 293 Å². The van der Waals surface area contributed by atoms with Gasteiger partial charge in [-0.3, -0.25) is 0 Å². The lowest BCUT2D eigenvalue weighted by molar-refractivity contribution is 0.109. The fourth-order valence-corrected chi connectivity index (χ4v) is 24.3. The van der Waals surface area contributed by atoms with E-state index < -0.39 is 26.4 Å². The molecule has 0 aromatic heterocycles. The van der Waals surface area contributed by atoms with Crippen LogP contribution in [0.1, 0.15) is 76.7 Å². The normalized spacial score (nSPS) is 36.6. The van der Waals surface area contributed by atoms with Crippen molar-refractivity contribution in [2.24, 2.45) is 76.4 Å². The van der Waals surface area contributed by atoms with Crippen molar-refractivity contribution < 1.29 is 17.6 Å². The van der Waals surface area contributed by atoms with E-state index in [2.05, 4.69) is 212 Å². The quantitative estimate of drug-likeness (QED) is 0.0805. The smallest absolute Gasteiger partial charge is 0.160 e. The van der Waals surface area contributed by atoms with Crippen molar-refractivity contribution in [1.29, 1.82) is 0 Å². The van der Waals surface area contributed by atoms with E-state index in [1.165, 1.54) is 36.3 Å². The Bertz CT molecular complexity index is 3670. The molecule has 0 N–H and O–H groups in total. The molecule has 87 heavy (non-hydrogen) atoms. The summed E-state index contributed by atoms with van der Waals surface area (Å²) in [6.07, 6.45) is 71.3. The van der Waals surface area contributed by atoms with Gasteiger partial charge in [-0.1, -0.05) is 201 Å². The monoisotopic (exact) mass is 1180 g/mol. The minimum Gasteiger partial charge on any atom is -0.338 e. The first-order chi connectivity index (χ1) is 42.4. The first-order valence-corrected chi connectivity index (χ1v) is 35.8. The Morgan fingerprint density at radius 3 is 2.15 bits per heavy atom. The summed E-state index contributed by atoms with van der Waals surface area (Å²) in [7, 11) is -2.07. The maximum atomic E-state index is 16.3. The molecule has 2 fully saturated rings. The molecule has 7 heteroatoms. The molecule has 0 bridgehead atoms. The van der Waals surface area contributed by atoms with Gasteiger partial charge in [0.15, 0.2) is 11.6 Å². The van der Waals surface area contributed by atoms with E-state index in [9.17, 15) is 4.39 Å². The molecule has 2 aromatic rings. The maximum absolute atomic E-state index is 16.3. The number of allylic oxidation sites excluding steroid dienone is 34. The first-order valence-electron chi connectivity index (χ1n) is 32.7. The van der Waals surface area contributed by atoms with E-state index in [1.54, 1.807) is 22.9 Å². The van der Waals surface area contributed by atoms with Gasteiger partial charge in [-0.15, -0.1) is 6.58 Å². The van der Waals surface area contributed by atoms with Gasteiger partial charge in [0.05, 0.1) is 25.6 Å². The fraction of sp³-hybridized carbons (Fsp3) is 0.375. The average molecular weight is 1180 g/mol. The Morgan fingerprint density at radius 2 is 1.45 bits per heavy atom. The molecule has 11 aliphatic carbocycles. The molecule has 1 aliphatic heterocycles. The number of benzene rings is 2. The van der Waals surface area contributed by atoms with Crippen molar-refractivity contribution in [1.82, 2.24) is 4.90 Å². The number of alkyl halides is 1. The fourth-order valence-electron chi connectivity index (χ4n) is 20.1. The van der Waals surface area contributed by atoms with Gasteiger partial charge in [-0.2, -0.15) is 0 Å². The molecule has 2 saturated carbocycles. The topological polar surface area (TPSA) is 6.48 Å². The zero-order chi connectivity index (χ0) is 59.8. The molecule has 0 saturated heterocycles. The van der Waals surface area contributed by atoms with Crippen LogP contribution in [0, 0.1) is 88.1 Å². The SMILES string of the molecule is C=CC1=CCC(C2(c3ccccc3)C3C=CC=CC3C3C=CC(N(C4=CC5=C(CC4)[Si](C)(C)C4CCC(N(c6ccc(F)c(F)c6)C6C=CC7C8C=CC=CC8C(C8=CCC(C=C)CC8)(C8C=CC=CC8)C7C6)=CC54)/C(=C/C=C(\C)F)CF)=CC32)C=C1. The van der Waals surface area contributed by atoms with Crippen LogP contribution in [0.5, 0.6) is 0 Å². The summed E-state index contributed by atoms with van der Waals surface area (Å²) in [5.74, 6) is 0.974. The van der Waals surface area contributed by atoms with E-state index in [1.807, 2.05) is 6.08 Å². The van der Waals surface area contributed by atoms with Crippen LogP contribution >= 0.6 is 0 Å². The Morgan fingerprint density at radius 1 is 0.690 bits per heavy atom. The molecular weight excluding hydrogens is 1090 g/mol. The Balaban J connectivity index is 0.879. The summed E-state index contributed by atoms with van der Waals surface area (Å²) in [5, 5.41) is 1.57. The van der Waals surface area contributed by atoms with Crippen LogP contribution in [-0.4, -0.2) is 25.7 Å². The Hall–Kier alpha value is -6.96. The third-order valence-corrected chi connectivity index (χ3v) is 28.2.